The van der Waals surface area contributed by atoms with Gasteiger partial charge in [0.2, 0.25) is 0 Å². The van der Waals surface area contributed by atoms with Gasteiger partial charge in [-0.3, -0.25) is 9.13 Å². The Morgan fingerprint density at radius 1 is 0.889 bits per heavy atom. The van der Waals surface area contributed by atoms with Gasteiger partial charge in [-0.25, -0.2) is 0 Å². The first-order chi connectivity index (χ1) is 8.49. The van der Waals surface area contributed by atoms with E-state index in [1.807, 2.05) is 0 Å². The number of hydrogen-bond donors (Lipinski definition) is 2. The van der Waals surface area contributed by atoms with Crippen LogP contribution in [-0.2, 0) is 18.2 Å². The van der Waals surface area contributed by atoms with Gasteiger partial charge in [0.1, 0.15) is 0 Å². The molecule has 0 spiro atoms. The molecule has 0 saturated heterocycles. The molecule has 0 aliphatic rings. The molecule has 0 fully saturated rings. The molecule has 0 aliphatic carbocycles. The van der Waals surface area contributed by atoms with E-state index >= 15 is 0 Å². The second-order valence-electron chi connectivity index (χ2n) is 3.96. The van der Waals surface area contributed by atoms with Crippen LogP contribution in [0.3, 0.4) is 0 Å². The van der Waals surface area contributed by atoms with E-state index in [0.29, 0.717) is 25.2 Å². The molecule has 0 radical (unpaired) electrons. The number of hydrogen-bond acceptors (Lipinski definition) is 6. The zero-order valence-electron chi connectivity index (χ0n) is 10.9. The Morgan fingerprint density at radius 2 is 1.22 bits per heavy atom. The molecule has 2 N–H and O–H groups in total. The minimum Gasteiger partial charge on any atom is -0.391 e. The summed E-state index contributed by atoms with van der Waals surface area (Å²) in [6.07, 6.45) is 0.0808. The van der Waals surface area contributed by atoms with E-state index in [1.165, 1.54) is 0 Å². The minimum atomic E-state index is -2.02. The van der Waals surface area contributed by atoms with Crippen molar-refractivity contribution in [1.29, 1.82) is 0 Å². The van der Waals surface area contributed by atoms with Crippen molar-refractivity contribution in [3.63, 3.8) is 0 Å². The summed E-state index contributed by atoms with van der Waals surface area (Å²) >= 11 is 0. The SMILES string of the molecule is CC[PH](=O)OCC(O)CCC(O)CO[PH](=O)CC. The lowest BCUT2D eigenvalue weighted by Crippen LogP contribution is -2.19. The summed E-state index contributed by atoms with van der Waals surface area (Å²) in [5.41, 5.74) is 0. The van der Waals surface area contributed by atoms with E-state index < -0.39 is 28.3 Å². The highest BCUT2D eigenvalue weighted by Gasteiger charge is 2.11. The highest BCUT2D eigenvalue weighted by atomic mass is 31.1. The van der Waals surface area contributed by atoms with Crippen LogP contribution in [0.4, 0.5) is 0 Å². The fourth-order valence-corrected chi connectivity index (χ4v) is 2.30. The van der Waals surface area contributed by atoms with Crippen molar-refractivity contribution in [3.8, 4) is 0 Å². The zero-order valence-corrected chi connectivity index (χ0v) is 12.9. The molecule has 4 unspecified atom stereocenters. The van der Waals surface area contributed by atoms with Crippen LogP contribution in [0.2, 0.25) is 0 Å². The average molecular weight is 302 g/mol. The van der Waals surface area contributed by atoms with E-state index in [2.05, 4.69) is 0 Å². The monoisotopic (exact) mass is 302 g/mol. The third-order valence-electron chi connectivity index (χ3n) is 2.28. The highest BCUT2D eigenvalue weighted by molar-refractivity contribution is 7.39. The summed E-state index contributed by atoms with van der Waals surface area (Å²) in [7, 11) is -4.04. The van der Waals surface area contributed by atoms with Gasteiger partial charge in [0.25, 0.3) is 0 Å². The Kier molecular flexibility index (Phi) is 11.3. The van der Waals surface area contributed by atoms with E-state index in [9.17, 15) is 19.3 Å². The van der Waals surface area contributed by atoms with Gasteiger partial charge in [0.05, 0.1) is 25.4 Å². The molecule has 18 heavy (non-hydrogen) atoms. The molecule has 0 heterocycles. The number of aliphatic hydroxyl groups excluding tert-OH is 2. The molecule has 0 bridgehead atoms. The molecule has 0 aromatic carbocycles. The Hall–Kier alpha value is 0.300. The molecular formula is C10H24O6P2. The summed E-state index contributed by atoms with van der Waals surface area (Å²) in [5, 5.41) is 19.0. The molecule has 0 aromatic rings. The third kappa shape index (κ3) is 10.2. The molecule has 8 heteroatoms. The van der Waals surface area contributed by atoms with Crippen molar-refractivity contribution in [1.82, 2.24) is 0 Å². The number of rotatable bonds is 11. The Balaban J connectivity index is 3.61. The summed E-state index contributed by atoms with van der Waals surface area (Å²) < 4.78 is 31.9. The molecule has 4 atom stereocenters. The van der Waals surface area contributed by atoms with Crippen molar-refractivity contribution in [3.05, 3.63) is 0 Å². The van der Waals surface area contributed by atoms with Gasteiger partial charge >= 0.3 is 0 Å². The van der Waals surface area contributed by atoms with Gasteiger partial charge in [0, 0.05) is 12.3 Å². The predicted octanol–water partition coefficient (Wildman–Crippen LogP) is 1.51. The zero-order chi connectivity index (χ0) is 14.0. The highest BCUT2D eigenvalue weighted by Crippen LogP contribution is 2.22. The van der Waals surface area contributed by atoms with Gasteiger partial charge in [-0.15, -0.1) is 0 Å². The fourth-order valence-electron chi connectivity index (χ4n) is 1.13. The standard InChI is InChI=1S/C10H24O6P2/c1-3-17(13)15-7-9(11)5-6-10(12)8-16-18(14)4-2/h9-12,17-18H,3-8H2,1-2H3. The van der Waals surface area contributed by atoms with Crippen molar-refractivity contribution >= 4 is 16.1 Å². The first-order valence-corrected chi connectivity index (χ1v) is 9.21. The fraction of sp³-hybridized carbons (Fsp3) is 1.00. The summed E-state index contributed by atoms with van der Waals surface area (Å²) in [6.45, 7) is 3.55. The van der Waals surface area contributed by atoms with Crippen LogP contribution in [0, 0.1) is 0 Å². The third-order valence-corrected chi connectivity index (χ3v) is 4.42. The largest absolute Gasteiger partial charge is 0.391 e. The predicted molar refractivity (Wildman–Crippen MR) is 72.2 cm³/mol. The van der Waals surface area contributed by atoms with Crippen molar-refractivity contribution in [2.75, 3.05) is 25.5 Å². The lowest BCUT2D eigenvalue weighted by atomic mass is 10.1. The molecule has 110 valence electrons. The van der Waals surface area contributed by atoms with Crippen LogP contribution in [0.1, 0.15) is 26.7 Å². The molecule has 0 aromatic heterocycles. The molecular weight excluding hydrogens is 278 g/mol. The first-order valence-electron chi connectivity index (χ1n) is 6.16. The van der Waals surface area contributed by atoms with Gasteiger partial charge in [-0.1, -0.05) is 13.8 Å². The van der Waals surface area contributed by atoms with Gasteiger partial charge in [-0.05, 0) is 12.8 Å². The van der Waals surface area contributed by atoms with E-state index in [1.54, 1.807) is 13.8 Å². The van der Waals surface area contributed by atoms with E-state index in [-0.39, 0.29) is 13.2 Å². The van der Waals surface area contributed by atoms with Crippen molar-refractivity contribution < 1.29 is 28.4 Å². The average Bonchev–Trinajstić information content (AvgIpc) is 2.39. The summed E-state index contributed by atoms with van der Waals surface area (Å²) in [5.74, 6) is 0. The second-order valence-corrected chi connectivity index (χ2v) is 7.44. The second kappa shape index (κ2) is 11.2. The van der Waals surface area contributed by atoms with Crippen LogP contribution in [-0.4, -0.2) is 48.0 Å². The van der Waals surface area contributed by atoms with Gasteiger partial charge < -0.3 is 19.3 Å². The molecule has 0 aliphatic heterocycles. The lowest BCUT2D eigenvalue weighted by molar-refractivity contribution is 0.0624. The van der Waals surface area contributed by atoms with Gasteiger partial charge in [-0.2, -0.15) is 0 Å². The quantitative estimate of drug-likeness (QED) is 0.562. The van der Waals surface area contributed by atoms with E-state index in [4.69, 9.17) is 9.05 Å². The lowest BCUT2D eigenvalue weighted by Gasteiger charge is -2.14. The Bertz CT molecular complexity index is 235. The maximum absolute atomic E-state index is 11.0. The summed E-state index contributed by atoms with van der Waals surface area (Å²) in [4.78, 5) is 0. The summed E-state index contributed by atoms with van der Waals surface area (Å²) in [6, 6.07) is 0. The van der Waals surface area contributed by atoms with Crippen LogP contribution < -0.4 is 0 Å². The van der Waals surface area contributed by atoms with Crippen LogP contribution in [0.25, 0.3) is 0 Å². The van der Waals surface area contributed by atoms with Gasteiger partial charge in [0.15, 0.2) is 16.1 Å². The first kappa shape index (κ1) is 18.3. The number of aliphatic hydroxyl groups is 2. The smallest absolute Gasteiger partial charge is 0.191 e. The van der Waals surface area contributed by atoms with Crippen LogP contribution in [0.15, 0.2) is 0 Å². The molecule has 0 saturated carbocycles. The normalized spacial score (nSPS) is 18.2. The maximum Gasteiger partial charge on any atom is 0.191 e. The maximum atomic E-state index is 11.0. The molecule has 0 amide bonds. The van der Waals surface area contributed by atoms with Crippen molar-refractivity contribution in [2.24, 2.45) is 0 Å². The van der Waals surface area contributed by atoms with E-state index in [0.717, 1.165) is 0 Å². The molecule has 6 nitrogen and oxygen atoms in total. The Labute approximate surface area is 109 Å². The van der Waals surface area contributed by atoms with Crippen LogP contribution >= 0.6 is 16.1 Å². The van der Waals surface area contributed by atoms with Crippen molar-refractivity contribution in [2.45, 2.75) is 38.9 Å². The minimum absolute atomic E-state index is 0.0186. The topological polar surface area (TPSA) is 93.1 Å². The van der Waals surface area contributed by atoms with Crippen LogP contribution in [0.5, 0.6) is 0 Å². The Morgan fingerprint density at radius 3 is 1.50 bits per heavy atom. The molecule has 0 rings (SSSR count).